The standard InChI is InChI=1S/C84H168O35Si7/c1-78(2,3)120(22,23)99-36-43-64-50(85)57(92)71(106-43)114-65-44(37-100-121(24,25)79(4,5)6)108-73(59(94)52(65)87)116-67-46(39-102-123(28,29)81(10,11)12)110-75(61(96)54(67)89)118-69-48(41-104-125(32,33)83(16,17)18)112-77(63(98)56(69)91)119-70-49(42-105-126(34,35)84(19,20)21)111-76(62(97)55(70)90)117-68-47(40-103-124(30,31)82(13,14)15)109-74(60(95)53(68)88)115-66-45(38-101-122(26,27)80(7,8)9)107-72(113-64)58(93)51(66)86/h43-77,85-98H,36-42H2,1-35H3. The number of hydrogen-bond acceptors (Lipinski definition) is 35. The third-order valence-corrected chi connectivity index (χ3v) is 61.9. The van der Waals surface area contributed by atoms with E-state index in [1.807, 2.05) is 237 Å². The molecule has 0 radical (unpaired) electrons. The lowest BCUT2D eigenvalue weighted by Gasteiger charge is -2.51. The summed E-state index contributed by atoms with van der Waals surface area (Å²) in [7, 11) is -19.7. The van der Waals surface area contributed by atoms with Crippen LogP contribution in [0.4, 0.5) is 0 Å². The van der Waals surface area contributed by atoms with Crippen LogP contribution in [0.15, 0.2) is 0 Å². The molecule has 21 saturated heterocycles. The Bertz CT molecular complexity index is 2810. The molecule has 35 atom stereocenters. The van der Waals surface area contributed by atoms with E-state index >= 15 is 0 Å². The van der Waals surface area contributed by atoms with Crippen LogP contribution < -0.4 is 0 Å². The molecule has 21 aliphatic rings. The number of ether oxygens (including phenoxy) is 14. The van der Waals surface area contributed by atoms with Gasteiger partial charge in [-0.3, -0.25) is 0 Å². The lowest BCUT2D eigenvalue weighted by atomic mass is 9.95. The van der Waals surface area contributed by atoms with Gasteiger partial charge in [0.1, 0.15) is 171 Å². The summed E-state index contributed by atoms with van der Waals surface area (Å²) in [6, 6.07) is 0. The summed E-state index contributed by atoms with van der Waals surface area (Å²) in [5.41, 5.74) is 0. The van der Waals surface area contributed by atoms with Crippen LogP contribution in [-0.2, 0) is 97.3 Å². The zero-order chi connectivity index (χ0) is 96.0. The summed E-state index contributed by atoms with van der Waals surface area (Å²) < 4.78 is 141. The maximum atomic E-state index is 12.8. The van der Waals surface area contributed by atoms with Gasteiger partial charge in [0.25, 0.3) is 0 Å². The van der Waals surface area contributed by atoms with Gasteiger partial charge in [0.2, 0.25) is 0 Å². The highest BCUT2D eigenvalue weighted by atomic mass is 28.4. The number of aliphatic hydroxyl groups is 14. The van der Waals surface area contributed by atoms with Crippen molar-refractivity contribution in [3.05, 3.63) is 0 Å². The molecule has 0 aromatic rings. The molecule has 21 heterocycles. The summed E-state index contributed by atoms with van der Waals surface area (Å²) in [5.74, 6) is 0. The Morgan fingerprint density at radius 2 is 0.246 bits per heavy atom. The van der Waals surface area contributed by atoms with Crippen LogP contribution in [0.25, 0.3) is 0 Å². The fourth-order valence-electron chi connectivity index (χ4n) is 13.9. The second kappa shape index (κ2) is 40.9. The van der Waals surface area contributed by atoms with E-state index in [0.29, 0.717) is 0 Å². The summed E-state index contributed by atoms with van der Waals surface area (Å²) in [6.07, 6.45) is -65.0. The van der Waals surface area contributed by atoms with Crippen LogP contribution in [0, 0.1) is 0 Å². The quantitative estimate of drug-likeness (QED) is 0.0588. The number of aliphatic hydroxyl groups excluding tert-OH is 14. The van der Waals surface area contributed by atoms with Gasteiger partial charge in [-0.1, -0.05) is 145 Å². The number of hydrogen-bond donors (Lipinski definition) is 14. The van der Waals surface area contributed by atoms with E-state index in [-0.39, 0.29) is 46.2 Å². The van der Waals surface area contributed by atoms with Crippen molar-refractivity contribution in [1.29, 1.82) is 0 Å². The van der Waals surface area contributed by atoms with Crippen molar-refractivity contribution < 1.29 is 169 Å². The fourth-order valence-corrected chi connectivity index (χ4v) is 21.0. The zero-order valence-corrected chi connectivity index (χ0v) is 89.0. The smallest absolute Gasteiger partial charge is 0.192 e. The highest BCUT2D eigenvalue weighted by Crippen LogP contribution is 2.48. The second-order valence-corrected chi connectivity index (χ2v) is 80.5. The Hall–Kier alpha value is 0.118. The van der Waals surface area contributed by atoms with E-state index in [0.717, 1.165) is 0 Å². The van der Waals surface area contributed by atoms with Gasteiger partial charge in [-0.05, 0) is 127 Å². The van der Waals surface area contributed by atoms with E-state index in [4.69, 9.17) is 97.3 Å². The fraction of sp³-hybridized carbons (Fsp3) is 1.00. The van der Waals surface area contributed by atoms with Crippen molar-refractivity contribution in [2.75, 3.05) is 46.2 Å². The average molecular weight is 1930 g/mol. The molecular formula is C84H168O35Si7. The predicted octanol–water partition coefficient (Wildman–Crippen LogP) is 5.98. The highest BCUT2D eigenvalue weighted by molar-refractivity contribution is 6.76. The van der Waals surface area contributed by atoms with Crippen LogP contribution in [0.5, 0.6) is 0 Å². The Morgan fingerprint density at radius 1 is 0.159 bits per heavy atom. The van der Waals surface area contributed by atoms with Gasteiger partial charge in [-0.2, -0.15) is 0 Å². The summed E-state index contributed by atoms with van der Waals surface area (Å²) >= 11 is 0. The van der Waals surface area contributed by atoms with Gasteiger partial charge in [0.05, 0.1) is 46.2 Å². The van der Waals surface area contributed by atoms with Crippen LogP contribution in [0.2, 0.25) is 127 Å². The molecule has 35 unspecified atom stereocenters. The van der Waals surface area contributed by atoms with Gasteiger partial charge in [0.15, 0.2) is 102 Å². The molecule has 21 aliphatic heterocycles. The minimum atomic E-state index is -2.81. The molecule has 0 saturated carbocycles. The van der Waals surface area contributed by atoms with Gasteiger partial charge in [-0.15, -0.1) is 0 Å². The largest absolute Gasteiger partial charge is 0.414 e. The minimum Gasteiger partial charge on any atom is -0.414 e. The normalized spacial score (nSPS) is 40.5. The lowest BCUT2D eigenvalue weighted by molar-refractivity contribution is -0.396. The molecule has 21 rings (SSSR count). The first kappa shape index (κ1) is 111. The molecule has 0 amide bonds. The molecular weight excluding hydrogens is 1770 g/mol. The molecule has 0 aromatic carbocycles. The maximum absolute atomic E-state index is 12.8. The van der Waals surface area contributed by atoms with Crippen molar-refractivity contribution in [1.82, 2.24) is 0 Å². The molecule has 0 aliphatic carbocycles. The van der Waals surface area contributed by atoms with Crippen molar-refractivity contribution in [3.63, 3.8) is 0 Å². The Kier molecular flexibility index (Phi) is 36.2. The van der Waals surface area contributed by atoms with Gasteiger partial charge in [-0.25, -0.2) is 0 Å². The van der Waals surface area contributed by atoms with Crippen LogP contribution in [-0.4, -0.2) is 391 Å². The molecule has 126 heavy (non-hydrogen) atoms. The summed E-state index contributed by atoms with van der Waals surface area (Å²) in [4.78, 5) is 0. The monoisotopic (exact) mass is 1930 g/mol. The summed E-state index contributed by atoms with van der Waals surface area (Å²) in [6.45, 7) is 67.0. The van der Waals surface area contributed by atoms with E-state index in [9.17, 15) is 71.5 Å². The van der Waals surface area contributed by atoms with Crippen LogP contribution >= 0.6 is 0 Å². The molecule has 742 valence electrons. The van der Waals surface area contributed by atoms with E-state index in [1.165, 1.54) is 0 Å². The lowest BCUT2D eigenvalue weighted by Crippen LogP contribution is -2.69. The zero-order valence-electron chi connectivity index (χ0n) is 82.0. The molecule has 21 fully saturated rings. The second-order valence-electron chi connectivity index (χ2n) is 46.9. The third-order valence-electron chi connectivity index (χ3n) is 30.4. The van der Waals surface area contributed by atoms with E-state index in [1.54, 1.807) is 0 Å². The van der Waals surface area contributed by atoms with Crippen LogP contribution in [0.3, 0.4) is 0 Å². The Balaban J connectivity index is 1.31. The summed E-state index contributed by atoms with van der Waals surface area (Å²) in [5, 5.41) is 175. The minimum absolute atomic E-state index is 0.370. The predicted molar refractivity (Wildman–Crippen MR) is 481 cm³/mol. The first-order chi connectivity index (χ1) is 56.9. The Morgan fingerprint density at radius 3 is 0.325 bits per heavy atom. The van der Waals surface area contributed by atoms with Crippen molar-refractivity contribution in [2.45, 2.75) is 487 Å². The molecule has 0 aromatic heterocycles. The molecule has 14 N–H and O–H groups in total. The van der Waals surface area contributed by atoms with Crippen LogP contribution in [0.1, 0.15) is 145 Å². The number of rotatable bonds is 21. The first-order valence-corrected chi connectivity index (χ1v) is 65.5. The SMILES string of the molecule is CC(C)(C)[Si](C)(C)OCC1OC2OC3C(CO[Si](C)(C)C(C)(C)C)OC(OC4C(CO[Si](C)(C)C(C)(C)C)OC(OC5C(CO[Si](C)(C)C(C)(C)C)OC(OC6C(CO[Si](C)(C)C(C)(C)C)OC(OC7C(CO[Si](C)(C)C(C)(C)C)OC(OC8C(CO[Si](C)(C)C(C)(C)C)OC(OC1C(O)C2O)C(O)C8O)C(O)C7O)C(O)C6O)C(O)C5O)C(O)C4O)C(O)C3O. The average Bonchev–Trinajstić information content (AvgIpc) is 0.962. The van der Waals surface area contributed by atoms with Gasteiger partial charge in [0, 0.05) is 0 Å². The molecule has 0 spiro atoms. The maximum Gasteiger partial charge on any atom is 0.192 e. The molecule has 35 nitrogen and oxygen atoms in total. The van der Waals surface area contributed by atoms with E-state index in [2.05, 4.69) is 0 Å². The topological polar surface area (TPSA) is 477 Å². The van der Waals surface area contributed by atoms with Crippen molar-refractivity contribution >= 4 is 58.2 Å². The third kappa shape index (κ3) is 25.2. The van der Waals surface area contributed by atoms with E-state index < -0.39 is 308 Å². The van der Waals surface area contributed by atoms with Gasteiger partial charge >= 0.3 is 0 Å². The molecule has 42 heteroatoms. The molecule has 14 bridgehead atoms. The van der Waals surface area contributed by atoms with Crippen molar-refractivity contribution in [2.24, 2.45) is 0 Å². The highest BCUT2D eigenvalue weighted by Gasteiger charge is 2.63. The Labute approximate surface area is 756 Å². The van der Waals surface area contributed by atoms with Gasteiger partial charge < -0.3 is 169 Å². The van der Waals surface area contributed by atoms with Crippen molar-refractivity contribution in [3.8, 4) is 0 Å². The first-order valence-electron chi connectivity index (χ1n) is 45.1.